The number of guanidine groups is 1. The number of hydrogen-bond donors (Lipinski definition) is 12. The van der Waals surface area contributed by atoms with Crippen LogP contribution in [0.4, 0.5) is 0 Å². The van der Waals surface area contributed by atoms with E-state index in [2.05, 4.69) is 136 Å². The Morgan fingerprint density at radius 2 is 1.80 bits per heavy atom. The number of benzene rings is 3. The van der Waals surface area contributed by atoms with Crippen LogP contribution in [0, 0.1) is 87.4 Å². The van der Waals surface area contributed by atoms with Gasteiger partial charge in [0.2, 0.25) is 5.96 Å². The number of Topliss-reactive ketones (excluding diaryl/α,β-unsaturated/α-hetero) is 1. The molecule has 7 bridgehead atoms. The van der Waals surface area contributed by atoms with Crippen LogP contribution in [-0.4, -0.2) is 133 Å². The van der Waals surface area contributed by atoms with Crippen molar-refractivity contribution in [3.8, 4) is 23.5 Å². The van der Waals surface area contributed by atoms with Crippen LogP contribution in [0.5, 0.6) is 11.5 Å². The van der Waals surface area contributed by atoms with Crippen molar-refractivity contribution in [2.45, 2.75) is 146 Å². The highest BCUT2D eigenvalue weighted by molar-refractivity contribution is 8.76. The average Bonchev–Trinajstić information content (AvgIpc) is 1.48. The zero-order valence-corrected chi connectivity index (χ0v) is 58.4. The summed E-state index contributed by atoms with van der Waals surface area (Å²) in [5.74, 6) is 7.23. The zero-order valence-electron chi connectivity index (χ0n) is 56.7. The molecule has 0 aromatic heterocycles. The van der Waals surface area contributed by atoms with Crippen molar-refractivity contribution in [3.05, 3.63) is 159 Å². The first-order chi connectivity index (χ1) is 47.8. The summed E-state index contributed by atoms with van der Waals surface area (Å²) in [5, 5.41) is 69.5. The number of aliphatic hydroxyl groups is 3. The fraction of sp³-hybridized carbons (Fsp3) is 0.562. The number of phenolic OH excluding ortho intramolecular Hbond substituents is 1. The number of aryl methyl sites for hydroxylation is 2. The van der Waals surface area contributed by atoms with Crippen LogP contribution in [0.1, 0.15) is 111 Å². The van der Waals surface area contributed by atoms with Crippen LogP contribution in [0.3, 0.4) is 0 Å². The first kappa shape index (κ1) is 67.9. The smallest absolute Gasteiger partial charge is 0.202 e. The minimum absolute atomic E-state index is 0.0134. The molecule has 520 valence electrons. The second kappa shape index (κ2) is 28.8. The van der Waals surface area contributed by atoms with Crippen molar-refractivity contribution < 1.29 is 34.8 Å². The van der Waals surface area contributed by atoms with Crippen molar-refractivity contribution in [3.63, 3.8) is 0 Å². The third kappa shape index (κ3) is 12.8. The summed E-state index contributed by atoms with van der Waals surface area (Å²) in [5.41, 5.74) is 23.1. The number of carbonyl (C=O) groups excluding carboxylic acids is 2. The van der Waals surface area contributed by atoms with Crippen molar-refractivity contribution in [2.24, 2.45) is 91.9 Å². The normalized spacial score (nSPS) is 37.9. The van der Waals surface area contributed by atoms with Crippen LogP contribution in [0.25, 0.3) is 5.57 Å². The molecule has 14 aliphatic rings. The Hall–Kier alpha value is -5.95. The lowest BCUT2D eigenvalue weighted by atomic mass is 9.46. The maximum Gasteiger partial charge on any atom is 0.202 e. The molecule has 1 saturated heterocycles. The number of carbonyl (C=O) groups is 2. The van der Waals surface area contributed by atoms with Crippen molar-refractivity contribution in [1.29, 1.82) is 0 Å². The van der Waals surface area contributed by atoms with Crippen LogP contribution in [0.2, 0.25) is 0 Å². The van der Waals surface area contributed by atoms with E-state index in [1.807, 2.05) is 27.8 Å². The fourth-order valence-electron chi connectivity index (χ4n) is 22.7. The number of aliphatic hydroxyl groups excluding tert-OH is 3. The van der Waals surface area contributed by atoms with Gasteiger partial charge >= 0.3 is 0 Å². The van der Waals surface area contributed by atoms with Gasteiger partial charge in [0.15, 0.2) is 24.1 Å². The van der Waals surface area contributed by atoms with E-state index in [0.717, 1.165) is 119 Å². The highest BCUT2D eigenvalue weighted by Crippen LogP contribution is 2.81. The van der Waals surface area contributed by atoms with E-state index in [0.29, 0.717) is 83.7 Å². The van der Waals surface area contributed by atoms with Gasteiger partial charge in [-0.2, -0.15) is 4.99 Å². The van der Waals surface area contributed by atoms with Gasteiger partial charge in [0, 0.05) is 72.1 Å². The van der Waals surface area contributed by atoms with Gasteiger partial charge in [-0.15, -0.1) is 0 Å². The lowest BCUT2D eigenvalue weighted by molar-refractivity contribution is -0.126. The molecule has 3 aromatic carbocycles. The number of nitrogens with two attached hydrogens (primary N) is 2. The third-order valence-corrected chi connectivity index (χ3v) is 28.6. The zero-order chi connectivity index (χ0) is 67.3. The van der Waals surface area contributed by atoms with Gasteiger partial charge in [-0.1, -0.05) is 112 Å². The van der Waals surface area contributed by atoms with Gasteiger partial charge < -0.3 is 68.5 Å². The number of aromatic hydroxyl groups is 1. The largest absolute Gasteiger partial charge is 0.504 e. The van der Waals surface area contributed by atoms with Crippen LogP contribution in [0.15, 0.2) is 137 Å². The standard InChI is InChI=1S/C80H101N9O7S2/c1-83-40-57-37-79-72-18-17-50-25-59(92)33-60(93)29-56(43-90)63-34-71(96-46-91)70(95)30-53(63)28-55-42-87-74(81)35-65(55)64(26-49-11-5-10-48(24-49)16-15-47-8-3-2-4-9-47)52-19-23-86-77(82)88-58-31-67(57)80(79,45-98-97-44-52)68(32-58)62-13-6-14-69(94)76(62)89-73(79)39-78(72,36-50)38-66-61-20-22-84-41-54(61)27-51-12-7-21-85-75(51)66/h2-13,24,29-30,34-35,42,50-52,54,57-58,61,64,66-67,69,72-76,83-85,87,89-91,94-95H,14-18,20-22,25-28,31-33,36-41,43-46,81H2,1H3,(H3,82,86,88)/b56-29+/t50-,51+,52-,54+,57-,58-,61-,64-,66+,67-,69-,72+,73-,74?,75-,76+,78+,79-,80-/m1/s1. The summed E-state index contributed by atoms with van der Waals surface area (Å²) in [6.07, 6.45) is 26.8. The summed E-state index contributed by atoms with van der Waals surface area (Å²) < 4.78 is 5.59. The first-order valence-corrected chi connectivity index (χ1v) is 39.2. The van der Waals surface area contributed by atoms with E-state index < -0.39 is 31.5 Å². The molecule has 5 saturated carbocycles. The van der Waals surface area contributed by atoms with Crippen molar-refractivity contribution in [1.82, 2.24) is 31.9 Å². The number of fused-ring (bicyclic) bond motifs is 10. The van der Waals surface area contributed by atoms with Gasteiger partial charge in [-0.25, -0.2) is 0 Å². The molecule has 19 atom stereocenters. The Bertz CT molecular complexity index is 3800. The molecule has 8 aliphatic heterocycles. The molecule has 1 unspecified atom stereocenters. The molecule has 18 heteroatoms. The van der Waals surface area contributed by atoms with Crippen LogP contribution >= 0.6 is 21.6 Å². The van der Waals surface area contributed by atoms with Gasteiger partial charge in [0.25, 0.3) is 0 Å². The molecule has 14 N–H and O–H groups in total. The Morgan fingerprint density at radius 3 is 2.65 bits per heavy atom. The lowest BCUT2D eigenvalue weighted by Crippen LogP contribution is -2.60. The molecule has 16 nitrogen and oxygen atoms in total. The maximum absolute atomic E-state index is 15.1. The fourth-order valence-corrected chi connectivity index (χ4v) is 25.7. The van der Waals surface area contributed by atoms with Gasteiger partial charge in [-0.05, 0) is 256 Å². The highest BCUT2D eigenvalue weighted by atomic mass is 33.1. The van der Waals surface area contributed by atoms with E-state index in [1.165, 1.54) is 34.8 Å². The molecular weight excluding hydrogens is 1260 g/mol. The van der Waals surface area contributed by atoms with E-state index in [4.69, 9.17) is 21.2 Å². The van der Waals surface area contributed by atoms with Crippen LogP contribution in [-0.2, 0) is 35.3 Å². The number of allylic oxidation sites excluding steroid dienone is 3. The molecular formula is C80H101N9O7S2. The van der Waals surface area contributed by atoms with Crippen LogP contribution < -0.4 is 48.1 Å². The van der Waals surface area contributed by atoms with Gasteiger partial charge in [-0.3, -0.25) is 9.59 Å². The minimum Gasteiger partial charge on any atom is -0.504 e. The molecule has 0 radical (unpaired) electrons. The van der Waals surface area contributed by atoms with E-state index in [9.17, 15) is 25.2 Å². The summed E-state index contributed by atoms with van der Waals surface area (Å²) in [6.45, 7) is 2.55. The number of nitrogens with zero attached hydrogens (tertiary/aromatic N) is 1. The molecule has 0 amide bonds. The Morgan fingerprint density at radius 1 is 0.939 bits per heavy atom. The van der Waals surface area contributed by atoms with Crippen molar-refractivity contribution >= 4 is 44.7 Å². The second-order valence-electron chi connectivity index (χ2n) is 31.2. The Balaban J connectivity index is 0.910. The predicted octanol–water partition coefficient (Wildman–Crippen LogP) is 8.32. The highest BCUT2D eigenvalue weighted by Gasteiger charge is 2.78. The average molecular weight is 1360 g/mol. The Labute approximate surface area is 586 Å². The lowest BCUT2D eigenvalue weighted by Gasteiger charge is -2.60. The quantitative estimate of drug-likeness (QED) is 0.0267. The monoisotopic (exact) mass is 1360 g/mol. The first-order valence-electron chi connectivity index (χ1n) is 36.7. The summed E-state index contributed by atoms with van der Waals surface area (Å²) >= 11 is 0. The van der Waals surface area contributed by atoms with Crippen molar-refractivity contribution in [2.75, 3.05) is 58.1 Å². The van der Waals surface area contributed by atoms with E-state index in [-0.39, 0.29) is 93.7 Å². The molecule has 17 rings (SSSR count). The molecule has 98 heavy (non-hydrogen) atoms. The SMILES string of the molecule is CNC[C@H]1C[C@]23[C@H]4C[C@@]5(C[C@H]6[C@@H]7CCNC[C@@H]7C[C@@H]7C=CCN[C@@H]67)C[C@H](CC[C@@H]52)CC(=O)CC(=O)/C=C(\CO)c2cc(OCO)c(O)cc2CC2=CNC(N)C=C2[C@H](Cc2cccc(CCc5ccccc5)c2)[C@@H]2C#CN=C(N)N[C@H]5CC(=C6C=CC[C@@H](O)[C@H]6N4)[C@@]3(CSSC2)[C@@H]1C5. The molecule has 8 heterocycles. The molecule has 2 spiro atoms. The number of ketones is 2. The number of hydrogen-bond acceptors (Lipinski definition) is 18. The van der Waals surface area contributed by atoms with E-state index in [1.54, 1.807) is 12.1 Å². The number of nitrogens with one attached hydrogen (secondary N) is 6. The summed E-state index contributed by atoms with van der Waals surface area (Å²) in [7, 11) is 6.10. The topological polar surface area (TPSA) is 261 Å². The third-order valence-electron chi connectivity index (χ3n) is 26.1. The summed E-state index contributed by atoms with van der Waals surface area (Å²) in [4.78, 5) is 34.8. The van der Waals surface area contributed by atoms with Gasteiger partial charge in [0.05, 0.1) is 31.3 Å². The number of phenols is 1. The summed E-state index contributed by atoms with van der Waals surface area (Å²) in [6, 6.07) is 26.1. The Kier molecular flexibility index (Phi) is 20.0. The molecule has 6 fully saturated rings. The number of aliphatic imine (C=N–C) groups is 1. The number of ether oxygens (including phenoxy) is 1. The molecule has 6 aliphatic carbocycles. The predicted molar refractivity (Wildman–Crippen MR) is 390 cm³/mol. The maximum atomic E-state index is 15.1. The van der Waals surface area contributed by atoms with E-state index >= 15 is 4.79 Å². The minimum atomic E-state index is -0.716. The molecule has 3 aromatic rings. The second-order valence-corrected chi connectivity index (χ2v) is 33.7. The number of dihydropyridines is 1. The number of rotatable bonds is 12. The van der Waals surface area contributed by atoms with Gasteiger partial charge in [0.1, 0.15) is 5.78 Å². The number of piperidine rings is 1.